The van der Waals surface area contributed by atoms with Gasteiger partial charge in [-0.3, -0.25) is 0 Å². The second-order valence-electron chi connectivity index (χ2n) is 6.85. The van der Waals surface area contributed by atoms with Crippen LogP contribution < -0.4 is 5.32 Å². The number of methoxy groups -OCH3 is 1. The van der Waals surface area contributed by atoms with Gasteiger partial charge in [-0.25, -0.2) is 9.59 Å². The molecule has 3 fully saturated rings. The lowest BCUT2D eigenvalue weighted by Crippen LogP contribution is -2.67. The van der Waals surface area contributed by atoms with Gasteiger partial charge in [-0.15, -0.1) is 0 Å². The van der Waals surface area contributed by atoms with E-state index in [4.69, 9.17) is 18.9 Å². The first-order valence-electron chi connectivity index (χ1n) is 8.60. The van der Waals surface area contributed by atoms with E-state index in [0.29, 0.717) is 19.8 Å². The zero-order valence-corrected chi connectivity index (χ0v) is 15.3. The Morgan fingerprint density at radius 1 is 1.19 bits per heavy atom. The number of alkyl carbamates (subject to hydrolysis) is 1. The molecule has 0 unspecified atom stereocenters. The van der Waals surface area contributed by atoms with Crippen molar-refractivity contribution in [3.05, 3.63) is 48.0 Å². The number of rotatable bonds is 6. The number of hydrogen-bond acceptors (Lipinski definition) is 7. The first kappa shape index (κ1) is 19.3. The van der Waals surface area contributed by atoms with Crippen LogP contribution in [-0.4, -0.2) is 51.0 Å². The number of ether oxygens (including phenoxy) is 5. The van der Waals surface area contributed by atoms with E-state index in [1.807, 2.05) is 37.3 Å². The molecule has 0 saturated carbocycles. The molecule has 0 aliphatic carbocycles. The van der Waals surface area contributed by atoms with E-state index in [-0.39, 0.29) is 12.0 Å². The summed E-state index contributed by atoms with van der Waals surface area (Å²) in [6.45, 7) is 3.33. The van der Waals surface area contributed by atoms with Gasteiger partial charge < -0.3 is 29.0 Å². The van der Waals surface area contributed by atoms with E-state index in [0.717, 1.165) is 5.56 Å². The third-order valence-corrected chi connectivity index (χ3v) is 4.36. The van der Waals surface area contributed by atoms with Crippen LogP contribution in [-0.2, 0) is 35.1 Å². The van der Waals surface area contributed by atoms with Gasteiger partial charge in [-0.1, -0.05) is 37.3 Å². The standard InChI is InChI=1S/C19H23NO7/c1-18-11-25-19(26-12-18,27-13-18)15(8-9-16(21)23-2)20-17(22)24-10-14-6-4-3-5-7-14/h3-9,15H,10-13H2,1-2H3,(H,20,22)/b9-8+/t15-,18?,19?/m0/s1. The van der Waals surface area contributed by atoms with Gasteiger partial charge in [0.25, 0.3) is 0 Å². The summed E-state index contributed by atoms with van der Waals surface area (Å²) >= 11 is 0. The summed E-state index contributed by atoms with van der Waals surface area (Å²) < 4.78 is 27.1. The van der Waals surface area contributed by atoms with E-state index < -0.39 is 24.1 Å². The minimum absolute atomic E-state index is 0.105. The van der Waals surface area contributed by atoms with Crippen molar-refractivity contribution in [2.75, 3.05) is 26.9 Å². The van der Waals surface area contributed by atoms with E-state index >= 15 is 0 Å². The predicted octanol–water partition coefficient (Wildman–Crippen LogP) is 1.75. The maximum Gasteiger partial charge on any atom is 0.408 e. The number of esters is 1. The highest BCUT2D eigenvalue weighted by atomic mass is 16.9. The molecule has 1 aromatic rings. The number of amides is 1. The lowest BCUT2D eigenvalue weighted by Gasteiger charge is -2.52. The van der Waals surface area contributed by atoms with E-state index in [1.165, 1.54) is 19.3 Å². The molecule has 4 rings (SSSR count). The van der Waals surface area contributed by atoms with Crippen LogP contribution in [0.15, 0.2) is 42.5 Å². The highest BCUT2D eigenvalue weighted by Gasteiger charge is 2.55. The fourth-order valence-corrected chi connectivity index (χ4v) is 2.73. The van der Waals surface area contributed by atoms with E-state index in [9.17, 15) is 9.59 Å². The third kappa shape index (κ3) is 4.65. The molecule has 146 valence electrons. The Kier molecular flexibility index (Phi) is 5.79. The van der Waals surface area contributed by atoms with Crippen molar-refractivity contribution in [3.8, 4) is 0 Å². The molecule has 1 atom stereocenters. The highest BCUT2D eigenvalue weighted by Crippen LogP contribution is 2.40. The van der Waals surface area contributed by atoms with E-state index in [2.05, 4.69) is 10.1 Å². The second kappa shape index (κ2) is 8.08. The summed E-state index contributed by atoms with van der Waals surface area (Å²) in [5, 5.41) is 2.63. The van der Waals surface area contributed by atoms with Crippen LogP contribution in [0, 0.1) is 5.41 Å². The summed E-state index contributed by atoms with van der Waals surface area (Å²) in [4.78, 5) is 23.7. The van der Waals surface area contributed by atoms with Crippen LogP contribution in [0.2, 0.25) is 0 Å². The van der Waals surface area contributed by atoms with Crippen molar-refractivity contribution in [1.29, 1.82) is 0 Å². The Morgan fingerprint density at radius 2 is 1.81 bits per heavy atom. The first-order valence-corrected chi connectivity index (χ1v) is 8.60. The average Bonchev–Trinajstić information content (AvgIpc) is 2.71. The number of carbonyl (C=O) groups excluding carboxylic acids is 2. The topological polar surface area (TPSA) is 92.3 Å². The Bertz CT molecular complexity index is 679. The fraction of sp³-hybridized carbons (Fsp3) is 0.474. The SMILES string of the molecule is COC(=O)/C=C/[C@H](NC(=O)OCc1ccccc1)C12OCC(C)(CO1)CO2. The normalized spacial score (nSPS) is 27.9. The summed E-state index contributed by atoms with van der Waals surface area (Å²) in [6, 6.07) is 8.38. The summed E-state index contributed by atoms with van der Waals surface area (Å²) in [7, 11) is 1.26. The molecule has 0 spiro atoms. The summed E-state index contributed by atoms with van der Waals surface area (Å²) in [5.74, 6) is -2.08. The molecule has 2 bridgehead atoms. The number of nitrogens with one attached hydrogen (secondary N) is 1. The molecule has 3 heterocycles. The molecule has 27 heavy (non-hydrogen) atoms. The van der Waals surface area contributed by atoms with Gasteiger partial charge in [0.1, 0.15) is 12.6 Å². The molecule has 3 aliphatic rings. The summed E-state index contributed by atoms with van der Waals surface area (Å²) in [5.41, 5.74) is 0.619. The third-order valence-electron chi connectivity index (χ3n) is 4.36. The van der Waals surface area contributed by atoms with Crippen LogP contribution in [0.1, 0.15) is 12.5 Å². The lowest BCUT2D eigenvalue weighted by atomic mass is 9.91. The Labute approximate surface area is 157 Å². The minimum Gasteiger partial charge on any atom is -0.466 e. The molecule has 3 saturated heterocycles. The lowest BCUT2D eigenvalue weighted by molar-refractivity contribution is -0.469. The molecular weight excluding hydrogens is 354 g/mol. The van der Waals surface area contributed by atoms with Crippen molar-refractivity contribution >= 4 is 12.1 Å². The number of benzene rings is 1. The molecule has 0 radical (unpaired) electrons. The van der Waals surface area contributed by atoms with Gasteiger partial charge in [0.05, 0.1) is 26.9 Å². The van der Waals surface area contributed by atoms with Crippen molar-refractivity contribution in [3.63, 3.8) is 0 Å². The zero-order valence-electron chi connectivity index (χ0n) is 15.3. The fourth-order valence-electron chi connectivity index (χ4n) is 2.73. The van der Waals surface area contributed by atoms with Crippen LogP contribution >= 0.6 is 0 Å². The van der Waals surface area contributed by atoms with Gasteiger partial charge in [-0.2, -0.15) is 0 Å². The smallest absolute Gasteiger partial charge is 0.408 e. The van der Waals surface area contributed by atoms with Gasteiger partial charge >= 0.3 is 18.0 Å². The largest absolute Gasteiger partial charge is 0.466 e. The van der Waals surface area contributed by atoms with Gasteiger partial charge in [0.2, 0.25) is 0 Å². The molecule has 1 aromatic carbocycles. The monoisotopic (exact) mass is 377 g/mol. The maximum atomic E-state index is 12.3. The predicted molar refractivity (Wildman–Crippen MR) is 93.4 cm³/mol. The van der Waals surface area contributed by atoms with Crippen LogP contribution in [0.3, 0.4) is 0 Å². The quantitative estimate of drug-likeness (QED) is 0.596. The van der Waals surface area contributed by atoms with Gasteiger partial charge in [0.15, 0.2) is 0 Å². The molecule has 3 aliphatic heterocycles. The molecule has 8 heteroatoms. The number of carbonyl (C=O) groups is 2. The van der Waals surface area contributed by atoms with Crippen LogP contribution in [0.5, 0.6) is 0 Å². The van der Waals surface area contributed by atoms with Crippen molar-refractivity contribution in [2.45, 2.75) is 25.5 Å². The van der Waals surface area contributed by atoms with E-state index in [1.54, 1.807) is 0 Å². The summed E-state index contributed by atoms with van der Waals surface area (Å²) in [6.07, 6.45) is 1.89. The van der Waals surface area contributed by atoms with Crippen molar-refractivity contribution in [1.82, 2.24) is 5.32 Å². The molecule has 0 aromatic heterocycles. The van der Waals surface area contributed by atoms with Crippen LogP contribution in [0.4, 0.5) is 4.79 Å². The average molecular weight is 377 g/mol. The van der Waals surface area contributed by atoms with Crippen LogP contribution in [0.25, 0.3) is 0 Å². The minimum atomic E-state index is -1.51. The number of hydrogen-bond donors (Lipinski definition) is 1. The van der Waals surface area contributed by atoms with Crippen molar-refractivity contribution < 1.29 is 33.3 Å². The maximum absolute atomic E-state index is 12.3. The Hall–Kier alpha value is -2.42. The molecule has 8 nitrogen and oxygen atoms in total. The molecule has 1 amide bonds. The van der Waals surface area contributed by atoms with Gasteiger partial charge in [0, 0.05) is 11.5 Å². The molecule has 1 N–H and O–H groups in total. The Morgan fingerprint density at radius 3 is 2.41 bits per heavy atom. The number of fused-ring (bicyclic) bond motifs is 3. The second-order valence-corrected chi connectivity index (χ2v) is 6.85. The highest BCUT2D eigenvalue weighted by molar-refractivity contribution is 5.82. The van der Waals surface area contributed by atoms with Crippen molar-refractivity contribution in [2.24, 2.45) is 5.41 Å². The Balaban J connectivity index is 1.67. The first-order chi connectivity index (χ1) is 12.9. The molecular formula is C19H23NO7. The van der Waals surface area contributed by atoms with Gasteiger partial charge in [-0.05, 0) is 11.6 Å². The zero-order chi connectivity index (χ0) is 19.3.